The average molecular weight is 361 g/mol. The molecule has 0 spiro atoms. The van der Waals surface area contributed by atoms with Gasteiger partial charge in [0.25, 0.3) is 0 Å². The molecule has 2 N–H and O–H groups in total. The number of fused-ring (bicyclic) bond motifs is 1. The van der Waals surface area contributed by atoms with Gasteiger partial charge in [-0.05, 0) is 40.5 Å². The summed E-state index contributed by atoms with van der Waals surface area (Å²) in [6, 6.07) is 18.1. The van der Waals surface area contributed by atoms with E-state index in [9.17, 15) is 0 Å². The van der Waals surface area contributed by atoms with E-state index in [0.717, 1.165) is 37.0 Å². The van der Waals surface area contributed by atoms with Crippen LogP contribution < -0.4 is 5.73 Å². The number of nitrogens with two attached hydrogens (primary N) is 1. The summed E-state index contributed by atoms with van der Waals surface area (Å²) in [5.74, 6) is 0. The molecule has 3 heteroatoms. The summed E-state index contributed by atoms with van der Waals surface area (Å²) in [5, 5.41) is 3.06. The fraction of sp³-hybridized carbons (Fsp3) is 0.111. The van der Waals surface area contributed by atoms with E-state index in [4.69, 9.17) is 17.3 Å². The molecule has 106 valence electrons. The fourth-order valence-corrected chi connectivity index (χ4v) is 3.36. The van der Waals surface area contributed by atoms with Crippen LogP contribution in [-0.2, 0) is 0 Å². The van der Waals surface area contributed by atoms with Crippen LogP contribution in [-0.4, -0.2) is 0 Å². The van der Waals surface area contributed by atoms with Gasteiger partial charge in [-0.2, -0.15) is 0 Å². The van der Waals surface area contributed by atoms with Crippen LogP contribution in [0.2, 0.25) is 5.02 Å². The Bertz CT molecular complexity index is 813. The monoisotopic (exact) mass is 359 g/mol. The van der Waals surface area contributed by atoms with Crippen LogP contribution in [0.1, 0.15) is 22.7 Å². The van der Waals surface area contributed by atoms with Crippen LogP contribution in [0.5, 0.6) is 0 Å². The lowest BCUT2D eigenvalue weighted by Crippen LogP contribution is -2.13. The van der Waals surface area contributed by atoms with Crippen LogP contribution >= 0.6 is 27.5 Å². The molecule has 0 aliphatic carbocycles. The van der Waals surface area contributed by atoms with Crippen LogP contribution in [0.15, 0.2) is 59.1 Å². The highest BCUT2D eigenvalue weighted by Gasteiger charge is 2.16. The maximum Gasteiger partial charge on any atom is 0.0572 e. The van der Waals surface area contributed by atoms with E-state index < -0.39 is 0 Å². The predicted octanol–water partition coefficient (Wildman–Crippen LogP) is 5.61. The van der Waals surface area contributed by atoms with Crippen LogP contribution in [0.4, 0.5) is 0 Å². The summed E-state index contributed by atoms with van der Waals surface area (Å²) in [6.45, 7) is 2.00. The van der Waals surface area contributed by atoms with Gasteiger partial charge in [0, 0.05) is 9.50 Å². The van der Waals surface area contributed by atoms with E-state index in [2.05, 4.69) is 34.1 Å². The van der Waals surface area contributed by atoms with Gasteiger partial charge in [0.2, 0.25) is 0 Å². The molecule has 1 nitrogen and oxygen atoms in total. The lowest BCUT2D eigenvalue weighted by Gasteiger charge is -2.18. The van der Waals surface area contributed by atoms with E-state index in [1.54, 1.807) is 0 Å². The van der Waals surface area contributed by atoms with Crippen molar-refractivity contribution in [3.8, 4) is 0 Å². The van der Waals surface area contributed by atoms with Gasteiger partial charge < -0.3 is 5.73 Å². The van der Waals surface area contributed by atoms with E-state index in [1.165, 1.54) is 0 Å². The molecule has 3 aromatic rings. The normalized spacial score (nSPS) is 12.6. The molecular formula is C18H15BrClN. The van der Waals surface area contributed by atoms with Crippen molar-refractivity contribution in [3.05, 3.63) is 80.8 Å². The van der Waals surface area contributed by atoms with Crippen molar-refractivity contribution < 1.29 is 0 Å². The number of aryl methyl sites for hydroxylation is 1. The first-order chi connectivity index (χ1) is 10.1. The Hall–Kier alpha value is -1.35. The molecule has 21 heavy (non-hydrogen) atoms. The van der Waals surface area contributed by atoms with Gasteiger partial charge in [-0.1, -0.05) is 76.1 Å². The zero-order valence-corrected chi connectivity index (χ0v) is 13.9. The smallest absolute Gasteiger partial charge is 0.0572 e. The zero-order valence-electron chi connectivity index (χ0n) is 11.6. The number of rotatable bonds is 2. The SMILES string of the molecule is Cc1cccc(C(N)c2ccc(Br)c3ccccc23)c1Cl. The molecule has 0 bridgehead atoms. The first-order valence-electron chi connectivity index (χ1n) is 6.77. The van der Waals surface area contributed by atoms with Crippen molar-refractivity contribution in [1.29, 1.82) is 0 Å². The van der Waals surface area contributed by atoms with Gasteiger partial charge in [-0.15, -0.1) is 0 Å². The second kappa shape index (κ2) is 5.80. The van der Waals surface area contributed by atoms with Gasteiger partial charge in [-0.25, -0.2) is 0 Å². The maximum absolute atomic E-state index is 6.50. The molecular weight excluding hydrogens is 346 g/mol. The Kier molecular flexibility index (Phi) is 4.03. The van der Waals surface area contributed by atoms with Crippen molar-refractivity contribution >= 4 is 38.3 Å². The van der Waals surface area contributed by atoms with Gasteiger partial charge >= 0.3 is 0 Å². The van der Waals surface area contributed by atoms with Crippen molar-refractivity contribution in [1.82, 2.24) is 0 Å². The minimum absolute atomic E-state index is 0.240. The molecule has 0 radical (unpaired) electrons. The van der Waals surface area contributed by atoms with Crippen molar-refractivity contribution in [3.63, 3.8) is 0 Å². The molecule has 0 aromatic heterocycles. The minimum atomic E-state index is -0.240. The third kappa shape index (κ3) is 2.59. The van der Waals surface area contributed by atoms with E-state index in [0.29, 0.717) is 0 Å². The summed E-state index contributed by atoms with van der Waals surface area (Å²) in [5.41, 5.74) is 9.60. The van der Waals surface area contributed by atoms with E-state index in [-0.39, 0.29) is 6.04 Å². The molecule has 3 rings (SSSR count). The first-order valence-corrected chi connectivity index (χ1v) is 7.94. The molecule has 0 fully saturated rings. The molecule has 0 aliphatic rings. The quantitative estimate of drug-likeness (QED) is 0.631. The fourth-order valence-electron chi connectivity index (χ4n) is 2.63. The van der Waals surface area contributed by atoms with E-state index >= 15 is 0 Å². The minimum Gasteiger partial charge on any atom is -0.320 e. The second-order valence-corrected chi connectivity index (χ2v) is 6.37. The predicted molar refractivity (Wildman–Crippen MR) is 93.9 cm³/mol. The standard InChI is InChI=1S/C18H15BrClN/c1-11-5-4-8-15(17(11)20)18(21)14-9-10-16(19)13-7-3-2-6-12(13)14/h2-10,18H,21H2,1H3. The van der Waals surface area contributed by atoms with E-state index in [1.807, 2.05) is 43.3 Å². The third-order valence-electron chi connectivity index (χ3n) is 3.80. The highest BCUT2D eigenvalue weighted by molar-refractivity contribution is 9.10. The van der Waals surface area contributed by atoms with Gasteiger partial charge in [0.05, 0.1) is 6.04 Å². The lowest BCUT2D eigenvalue weighted by molar-refractivity contribution is 0.879. The number of hydrogen-bond donors (Lipinski definition) is 1. The molecule has 0 saturated carbocycles. The molecule has 1 unspecified atom stereocenters. The molecule has 0 amide bonds. The Morgan fingerprint density at radius 3 is 2.38 bits per heavy atom. The summed E-state index contributed by atoms with van der Waals surface area (Å²) in [4.78, 5) is 0. The largest absolute Gasteiger partial charge is 0.320 e. The van der Waals surface area contributed by atoms with Gasteiger partial charge in [-0.3, -0.25) is 0 Å². The first kappa shape index (κ1) is 14.6. The van der Waals surface area contributed by atoms with Crippen molar-refractivity contribution in [2.45, 2.75) is 13.0 Å². The summed E-state index contributed by atoms with van der Waals surface area (Å²) in [6.07, 6.45) is 0. The highest BCUT2D eigenvalue weighted by atomic mass is 79.9. The summed E-state index contributed by atoms with van der Waals surface area (Å²) < 4.78 is 1.07. The molecule has 0 saturated heterocycles. The molecule has 0 heterocycles. The molecule has 1 atom stereocenters. The Morgan fingerprint density at radius 1 is 0.905 bits per heavy atom. The van der Waals surface area contributed by atoms with Gasteiger partial charge in [0.15, 0.2) is 0 Å². The second-order valence-electron chi connectivity index (χ2n) is 5.14. The number of benzene rings is 3. The number of hydrogen-bond acceptors (Lipinski definition) is 1. The number of halogens is 2. The van der Waals surface area contributed by atoms with Crippen LogP contribution in [0, 0.1) is 6.92 Å². The molecule has 3 aromatic carbocycles. The Labute approximate surface area is 137 Å². The van der Waals surface area contributed by atoms with Crippen LogP contribution in [0.3, 0.4) is 0 Å². The average Bonchev–Trinajstić information content (AvgIpc) is 2.50. The zero-order chi connectivity index (χ0) is 15.0. The summed E-state index contributed by atoms with van der Waals surface area (Å²) >= 11 is 10.0. The summed E-state index contributed by atoms with van der Waals surface area (Å²) in [7, 11) is 0. The Morgan fingerprint density at radius 2 is 1.62 bits per heavy atom. The topological polar surface area (TPSA) is 26.0 Å². The third-order valence-corrected chi connectivity index (χ3v) is 5.00. The van der Waals surface area contributed by atoms with Crippen LogP contribution in [0.25, 0.3) is 10.8 Å². The maximum atomic E-state index is 6.50. The molecule has 0 aliphatic heterocycles. The van der Waals surface area contributed by atoms with Crippen molar-refractivity contribution in [2.75, 3.05) is 0 Å². The van der Waals surface area contributed by atoms with Gasteiger partial charge in [0.1, 0.15) is 0 Å². The Balaban J connectivity index is 2.21. The highest BCUT2D eigenvalue weighted by Crippen LogP contribution is 2.34. The van der Waals surface area contributed by atoms with Crippen molar-refractivity contribution in [2.24, 2.45) is 5.73 Å². The lowest BCUT2D eigenvalue weighted by atomic mass is 9.93.